The van der Waals surface area contributed by atoms with Gasteiger partial charge >= 0.3 is 0 Å². The number of carbonyl (C=O) groups excluding carboxylic acids is 1. The maximum absolute atomic E-state index is 11.8. The van der Waals surface area contributed by atoms with Gasteiger partial charge < -0.3 is 19.5 Å². The van der Waals surface area contributed by atoms with Crippen molar-refractivity contribution in [1.29, 1.82) is 0 Å². The quantitative estimate of drug-likeness (QED) is 0.852. The highest BCUT2D eigenvalue weighted by Crippen LogP contribution is 2.17. The maximum atomic E-state index is 11.8. The van der Waals surface area contributed by atoms with Crippen molar-refractivity contribution in [3.63, 3.8) is 0 Å². The second-order valence-electron chi connectivity index (χ2n) is 4.83. The van der Waals surface area contributed by atoms with Crippen molar-refractivity contribution in [3.05, 3.63) is 36.1 Å². The van der Waals surface area contributed by atoms with Crippen LogP contribution in [-0.4, -0.2) is 30.8 Å². The number of hydrogen-bond donors (Lipinski definition) is 1. The molecular weight excluding hydrogens is 282 g/mol. The van der Waals surface area contributed by atoms with E-state index in [1.54, 1.807) is 13.0 Å². The van der Waals surface area contributed by atoms with Crippen LogP contribution in [0.1, 0.15) is 19.6 Å². The van der Waals surface area contributed by atoms with Gasteiger partial charge in [-0.25, -0.2) is 0 Å². The molecular formula is C16H21N3O3. The Morgan fingerprint density at radius 1 is 1.27 bits per heavy atom. The average molecular weight is 303 g/mol. The van der Waals surface area contributed by atoms with Crippen molar-refractivity contribution in [3.8, 4) is 5.88 Å². The van der Waals surface area contributed by atoms with Crippen LogP contribution in [0.3, 0.4) is 0 Å². The van der Waals surface area contributed by atoms with Crippen LogP contribution < -0.4 is 15.0 Å². The summed E-state index contributed by atoms with van der Waals surface area (Å²) < 4.78 is 10.1. The predicted octanol–water partition coefficient (Wildman–Crippen LogP) is 2.85. The second kappa shape index (κ2) is 7.49. The fourth-order valence-electron chi connectivity index (χ4n) is 2.09. The lowest BCUT2D eigenvalue weighted by atomic mass is 10.2. The summed E-state index contributed by atoms with van der Waals surface area (Å²) >= 11 is 0. The summed E-state index contributed by atoms with van der Waals surface area (Å²) in [5, 5.41) is 6.44. The molecule has 1 amide bonds. The summed E-state index contributed by atoms with van der Waals surface area (Å²) in [6.07, 6.45) is 0. The molecule has 1 heterocycles. The van der Waals surface area contributed by atoms with Gasteiger partial charge in [-0.15, -0.1) is 0 Å². The SMILES string of the molecule is CCN(CC)c1ccc(NC(=O)COc2cc(C)on2)cc1. The number of anilines is 2. The molecule has 1 N–H and O–H groups in total. The number of carbonyl (C=O) groups is 1. The second-order valence-corrected chi connectivity index (χ2v) is 4.83. The molecule has 0 atom stereocenters. The number of amides is 1. The van der Waals surface area contributed by atoms with E-state index in [0.29, 0.717) is 11.6 Å². The van der Waals surface area contributed by atoms with Gasteiger partial charge in [0.25, 0.3) is 11.8 Å². The number of benzene rings is 1. The first-order valence-corrected chi connectivity index (χ1v) is 7.33. The number of hydrogen-bond acceptors (Lipinski definition) is 5. The minimum atomic E-state index is -0.240. The standard InChI is InChI=1S/C16H21N3O3/c1-4-19(5-2)14-8-6-13(7-9-14)17-15(20)11-21-16-10-12(3)22-18-16/h6-10H,4-5,11H2,1-3H3,(H,17,20). The summed E-state index contributed by atoms with van der Waals surface area (Å²) in [7, 11) is 0. The number of nitrogens with one attached hydrogen (secondary N) is 1. The normalized spacial score (nSPS) is 10.3. The Hall–Kier alpha value is -2.50. The topological polar surface area (TPSA) is 67.6 Å². The average Bonchev–Trinajstić information content (AvgIpc) is 2.94. The van der Waals surface area contributed by atoms with Crippen LogP contribution in [-0.2, 0) is 4.79 Å². The van der Waals surface area contributed by atoms with E-state index < -0.39 is 0 Å². The summed E-state index contributed by atoms with van der Waals surface area (Å²) in [5.74, 6) is 0.711. The molecule has 118 valence electrons. The number of rotatable bonds is 7. The zero-order chi connectivity index (χ0) is 15.9. The number of ether oxygens (including phenoxy) is 1. The first kappa shape index (κ1) is 15.9. The first-order valence-electron chi connectivity index (χ1n) is 7.33. The largest absolute Gasteiger partial charge is 0.465 e. The summed E-state index contributed by atoms with van der Waals surface area (Å²) in [4.78, 5) is 14.1. The smallest absolute Gasteiger partial charge is 0.262 e. The Morgan fingerprint density at radius 2 is 1.95 bits per heavy atom. The first-order chi connectivity index (χ1) is 10.6. The lowest BCUT2D eigenvalue weighted by molar-refractivity contribution is -0.118. The molecule has 0 unspecified atom stereocenters. The predicted molar refractivity (Wildman–Crippen MR) is 85.4 cm³/mol. The van der Waals surface area contributed by atoms with Gasteiger partial charge in [0.1, 0.15) is 5.76 Å². The minimum Gasteiger partial charge on any atom is -0.465 e. The van der Waals surface area contributed by atoms with Gasteiger partial charge in [0, 0.05) is 30.5 Å². The number of aromatic nitrogens is 1. The number of aryl methyl sites for hydroxylation is 1. The van der Waals surface area contributed by atoms with Crippen molar-refractivity contribution in [1.82, 2.24) is 5.16 Å². The van der Waals surface area contributed by atoms with Gasteiger partial charge in [0.2, 0.25) is 0 Å². The van der Waals surface area contributed by atoms with Gasteiger partial charge in [-0.05, 0) is 50.2 Å². The van der Waals surface area contributed by atoms with Gasteiger partial charge in [-0.2, -0.15) is 0 Å². The highest BCUT2D eigenvalue weighted by molar-refractivity contribution is 5.92. The Labute approximate surface area is 130 Å². The molecule has 6 heteroatoms. The van der Waals surface area contributed by atoms with Crippen LogP contribution in [0.4, 0.5) is 11.4 Å². The zero-order valence-corrected chi connectivity index (χ0v) is 13.1. The van der Waals surface area contributed by atoms with E-state index in [1.165, 1.54) is 0 Å². The Balaban J connectivity index is 1.86. The molecule has 0 radical (unpaired) electrons. The lowest BCUT2D eigenvalue weighted by Gasteiger charge is -2.21. The molecule has 0 aliphatic rings. The molecule has 0 saturated heterocycles. The van der Waals surface area contributed by atoms with Crippen molar-refractivity contribution >= 4 is 17.3 Å². The van der Waals surface area contributed by atoms with Crippen molar-refractivity contribution in [2.24, 2.45) is 0 Å². The fraction of sp³-hybridized carbons (Fsp3) is 0.375. The molecule has 22 heavy (non-hydrogen) atoms. The molecule has 6 nitrogen and oxygen atoms in total. The van der Waals surface area contributed by atoms with Gasteiger partial charge in [0.05, 0.1) is 0 Å². The molecule has 0 bridgehead atoms. The molecule has 1 aromatic carbocycles. The van der Waals surface area contributed by atoms with Crippen LogP contribution in [0.25, 0.3) is 0 Å². The van der Waals surface area contributed by atoms with Crippen LogP contribution in [0.5, 0.6) is 5.88 Å². The van der Waals surface area contributed by atoms with Gasteiger partial charge in [-0.1, -0.05) is 0 Å². The number of nitrogens with zero attached hydrogens (tertiary/aromatic N) is 2. The molecule has 0 aliphatic heterocycles. The Kier molecular flexibility index (Phi) is 5.41. The van der Waals surface area contributed by atoms with E-state index in [2.05, 4.69) is 29.2 Å². The van der Waals surface area contributed by atoms with Crippen LogP contribution >= 0.6 is 0 Å². The van der Waals surface area contributed by atoms with E-state index >= 15 is 0 Å². The van der Waals surface area contributed by atoms with E-state index in [1.807, 2.05) is 24.3 Å². The van der Waals surface area contributed by atoms with Crippen molar-refractivity contribution in [2.45, 2.75) is 20.8 Å². The van der Waals surface area contributed by atoms with Crippen molar-refractivity contribution < 1.29 is 14.1 Å². The minimum absolute atomic E-state index is 0.107. The Morgan fingerprint density at radius 3 is 2.50 bits per heavy atom. The van der Waals surface area contributed by atoms with Crippen LogP contribution in [0.2, 0.25) is 0 Å². The van der Waals surface area contributed by atoms with Crippen LogP contribution in [0.15, 0.2) is 34.9 Å². The molecule has 2 aromatic rings. The van der Waals surface area contributed by atoms with E-state index in [0.717, 1.165) is 24.5 Å². The van der Waals surface area contributed by atoms with Gasteiger partial charge in [0.15, 0.2) is 6.61 Å². The molecule has 0 fully saturated rings. The van der Waals surface area contributed by atoms with Crippen LogP contribution in [0, 0.1) is 6.92 Å². The summed E-state index contributed by atoms with van der Waals surface area (Å²) in [6.45, 7) is 7.78. The molecule has 0 saturated carbocycles. The molecule has 0 spiro atoms. The third kappa shape index (κ3) is 4.25. The molecule has 0 aliphatic carbocycles. The third-order valence-electron chi connectivity index (χ3n) is 3.24. The summed E-state index contributed by atoms with van der Waals surface area (Å²) in [5.41, 5.74) is 1.87. The van der Waals surface area contributed by atoms with E-state index in [4.69, 9.17) is 9.26 Å². The summed E-state index contributed by atoms with van der Waals surface area (Å²) in [6, 6.07) is 9.37. The molecule has 1 aromatic heterocycles. The highest BCUT2D eigenvalue weighted by Gasteiger charge is 2.07. The van der Waals surface area contributed by atoms with E-state index in [9.17, 15) is 4.79 Å². The molecule has 2 rings (SSSR count). The van der Waals surface area contributed by atoms with Gasteiger partial charge in [-0.3, -0.25) is 4.79 Å². The third-order valence-corrected chi connectivity index (χ3v) is 3.24. The maximum Gasteiger partial charge on any atom is 0.262 e. The fourth-order valence-corrected chi connectivity index (χ4v) is 2.09. The Bertz CT molecular complexity index is 603. The zero-order valence-electron chi connectivity index (χ0n) is 13.1. The lowest BCUT2D eigenvalue weighted by Crippen LogP contribution is -2.22. The monoisotopic (exact) mass is 303 g/mol. The highest BCUT2D eigenvalue weighted by atomic mass is 16.5. The van der Waals surface area contributed by atoms with Crippen molar-refractivity contribution in [2.75, 3.05) is 29.9 Å². The van der Waals surface area contributed by atoms with E-state index in [-0.39, 0.29) is 12.5 Å².